The van der Waals surface area contributed by atoms with E-state index in [0.29, 0.717) is 23.6 Å². The topological polar surface area (TPSA) is 69.9 Å². The molecule has 2 aromatic rings. The third kappa shape index (κ3) is 2.01. The highest BCUT2D eigenvalue weighted by Crippen LogP contribution is 2.20. The van der Waals surface area contributed by atoms with Crippen LogP contribution >= 0.6 is 0 Å². The van der Waals surface area contributed by atoms with Gasteiger partial charge in [0.2, 0.25) is 5.78 Å². The summed E-state index contributed by atoms with van der Waals surface area (Å²) in [7, 11) is 1.51. The van der Waals surface area contributed by atoms with Crippen molar-refractivity contribution in [3.63, 3.8) is 0 Å². The summed E-state index contributed by atoms with van der Waals surface area (Å²) < 4.78 is 6.73. The minimum absolute atomic E-state index is 0.170. The maximum absolute atomic E-state index is 12.3. The molecule has 0 bridgehead atoms. The van der Waals surface area contributed by atoms with Gasteiger partial charge in [-0.05, 0) is 13.0 Å². The number of hydrogen-bond donors (Lipinski definition) is 0. The number of nitrogens with zero attached hydrogens (tertiary/aromatic N) is 4. The number of carbonyl (C=O) groups is 1. The van der Waals surface area contributed by atoms with Crippen molar-refractivity contribution in [2.24, 2.45) is 0 Å². The second-order valence-electron chi connectivity index (χ2n) is 3.34. The van der Waals surface area contributed by atoms with E-state index >= 15 is 0 Å². The van der Waals surface area contributed by atoms with E-state index in [-0.39, 0.29) is 5.78 Å². The van der Waals surface area contributed by atoms with E-state index in [1.165, 1.54) is 25.7 Å². The Bertz CT molecular complexity index is 500. The van der Waals surface area contributed by atoms with Crippen LogP contribution in [0, 0.1) is 0 Å². The van der Waals surface area contributed by atoms with E-state index in [9.17, 15) is 4.79 Å². The Labute approximate surface area is 98.2 Å². The number of ether oxygens (including phenoxy) is 1. The molecule has 0 N–H and O–H groups in total. The van der Waals surface area contributed by atoms with Crippen LogP contribution in [0.1, 0.15) is 23.0 Å². The lowest BCUT2D eigenvalue weighted by Crippen LogP contribution is -2.12. The van der Waals surface area contributed by atoms with Gasteiger partial charge in [0, 0.05) is 12.1 Å². The number of hydrogen-bond acceptors (Lipinski definition) is 5. The van der Waals surface area contributed by atoms with Crippen molar-refractivity contribution in [1.82, 2.24) is 20.0 Å². The van der Waals surface area contributed by atoms with E-state index in [2.05, 4.69) is 15.3 Å². The molecule has 0 saturated heterocycles. The van der Waals surface area contributed by atoms with Crippen LogP contribution in [0.4, 0.5) is 0 Å². The van der Waals surface area contributed by atoms with Gasteiger partial charge in [0.1, 0.15) is 0 Å². The first-order valence-corrected chi connectivity index (χ1v) is 5.19. The molecule has 0 amide bonds. The third-order valence-corrected chi connectivity index (χ3v) is 2.39. The molecule has 6 heteroatoms. The lowest BCUT2D eigenvalue weighted by molar-refractivity contribution is 0.102. The normalized spacial score (nSPS) is 10.2. The van der Waals surface area contributed by atoms with Crippen molar-refractivity contribution >= 4 is 5.78 Å². The minimum Gasteiger partial charge on any atom is -0.493 e. The Morgan fingerprint density at radius 1 is 1.41 bits per heavy atom. The largest absolute Gasteiger partial charge is 0.493 e. The molecule has 17 heavy (non-hydrogen) atoms. The van der Waals surface area contributed by atoms with Gasteiger partial charge in [-0.2, -0.15) is 15.3 Å². The van der Waals surface area contributed by atoms with Crippen LogP contribution in [-0.4, -0.2) is 32.9 Å². The highest BCUT2D eigenvalue weighted by molar-refractivity contribution is 6.09. The molecule has 0 aliphatic carbocycles. The Hall–Kier alpha value is -2.24. The number of aryl methyl sites for hydroxylation is 1. The van der Waals surface area contributed by atoms with Gasteiger partial charge in [0.25, 0.3) is 0 Å². The van der Waals surface area contributed by atoms with Crippen LogP contribution in [0.3, 0.4) is 0 Å². The fraction of sp³-hybridized carbons (Fsp3) is 0.273. The van der Waals surface area contributed by atoms with Crippen molar-refractivity contribution in [3.8, 4) is 5.75 Å². The molecular formula is C11H12N4O2. The fourth-order valence-electron chi connectivity index (χ4n) is 1.55. The minimum atomic E-state index is -0.170. The van der Waals surface area contributed by atoms with Gasteiger partial charge in [-0.15, -0.1) is 0 Å². The standard InChI is InChI=1S/C11H12N4O2/c1-3-15-10(9(17-2)7-14-15)11(16)8-4-5-12-13-6-8/h4-7H,3H2,1-2H3. The second-order valence-corrected chi connectivity index (χ2v) is 3.34. The van der Waals surface area contributed by atoms with Gasteiger partial charge in [-0.3, -0.25) is 9.48 Å². The number of rotatable bonds is 4. The van der Waals surface area contributed by atoms with Gasteiger partial charge in [0.15, 0.2) is 11.4 Å². The molecule has 2 heterocycles. The smallest absolute Gasteiger partial charge is 0.216 e. The maximum Gasteiger partial charge on any atom is 0.216 e. The van der Waals surface area contributed by atoms with Crippen molar-refractivity contribution in [1.29, 1.82) is 0 Å². The summed E-state index contributed by atoms with van der Waals surface area (Å²) in [6, 6.07) is 1.61. The molecule has 0 aliphatic heterocycles. The second kappa shape index (κ2) is 4.73. The zero-order valence-electron chi connectivity index (χ0n) is 9.62. The number of carbonyl (C=O) groups excluding carboxylic acids is 1. The average molecular weight is 232 g/mol. The summed E-state index contributed by atoms with van der Waals surface area (Å²) in [6.45, 7) is 2.51. The van der Waals surface area contributed by atoms with Gasteiger partial charge < -0.3 is 4.74 Å². The lowest BCUT2D eigenvalue weighted by atomic mass is 10.1. The first-order valence-electron chi connectivity index (χ1n) is 5.19. The third-order valence-electron chi connectivity index (χ3n) is 2.39. The molecule has 0 radical (unpaired) electrons. The van der Waals surface area contributed by atoms with E-state index in [1.54, 1.807) is 10.7 Å². The molecule has 2 rings (SSSR count). The van der Waals surface area contributed by atoms with E-state index in [4.69, 9.17) is 4.74 Å². The number of methoxy groups -OCH3 is 1. The van der Waals surface area contributed by atoms with Gasteiger partial charge in [-0.25, -0.2) is 0 Å². The summed E-state index contributed by atoms with van der Waals surface area (Å²) in [5.41, 5.74) is 0.900. The first-order chi connectivity index (χ1) is 8.27. The summed E-state index contributed by atoms with van der Waals surface area (Å²) in [4.78, 5) is 12.3. The Morgan fingerprint density at radius 2 is 2.24 bits per heavy atom. The molecule has 0 aromatic carbocycles. The monoisotopic (exact) mass is 232 g/mol. The van der Waals surface area contributed by atoms with E-state index in [1.807, 2.05) is 6.92 Å². The van der Waals surface area contributed by atoms with E-state index < -0.39 is 0 Å². The molecular weight excluding hydrogens is 220 g/mol. The molecule has 0 aliphatic rings. The zero-order chi connectivity index (χ0) is 12.3. The highest BCUT2D eigenvalue weighted by atomic mass is 16.5. The van der Waals surface area contributed by atoms with Crippen LogP contribution in [0.2, 0.25) is 0 Å². The van der Waals surface area contributed by atoms with Crippen molar-refractivity contribution in [2.75, 3.05) is 7.11 Å². The molecule has 88 valence electrons. The molecule has 0 atom stereocenters. The van der Waals surface area contributed by atoms with Gasteiger partial charge >= 0.3 is 0 Å². The van der Waals surface area contributed by atoms with Crippen LogP contribution < -0.4 is 4.74 Å². The Morgan fingerprint density at radius 3 is 2.82 bits per heavy atom. The number of ketones is 1. The lowest BCUT2D eigenvalue weighted by Gasteiger charge is -2.05. The van der Waals surface area contributed by atoms with E-state index in [0.717, 1.165) is 0 Å². The maximum atomic E-state index is 12.3. The molecule has 6 nitrogen and oxygen atoms in total. The predicted molar refractivity (Wildman–Crippen MR) is 59.9 cm³/mol. The van der Waals surface area contributed by atoms with Gasteiger partial charge in [-0.1, -0.05) is 0 Å². The predicted octanol–water partition coefficient (Wildman–Crippen LogP) is 0.933. The number of aromatic nitrogens is 4. The molecule has 0 saturated carbocycles. The molecule has 0 spiro atoms. The summed E-state index contributed by atoms with van der Waals surface area (Å²) in [5.74, 6) is 0.296. The zero-order valence-corrected chi connectivity index (χ0v) is 9.62. The first kappa shape index (κ1) is 11.3. The quantitative estimate of drug-likeness (QED) is 0.733. The van der Waals surface area contributed by atoms with Crippen LogP contribution in [-0.2, 0) is 6.54 Å². The van der Waals surface area contributed by atoms with Crippen LogP contribution in [0.5, 0.6) is 5.75 Å². The SMILES string of the molecule is CCn1ncc(OC)c1C(=O)c1ccnnc1. The Balaban J connectivity index is 2.46. The average Bonchev–Trinajstić information content (AvgIpc) is 2.81. The molecule has 0 fully saturated rings. The summed E-state index contributed by atoms with van der Waals surface area (Å²) in [5, 5.41) is 11.4. The van der Waals surface area contributed by atoms with Crippen molar-refractivity contribution < 1.29 is 9.53 Å². The van der Waals surface area contributed by atoms with Crippen LogP contribution in [0.25, 0.3) is 0 Å². The highest BCUT2D eigenvalue weighted by Gasteiger charge is 2.20. The van der Waals surface area contributed by atoms with Crippen LogP contribution in [0.15, 0.2) is 24.7 Å². The summed E-state index contributed by atoms with van der Waals surface area (Å²) >= 11 is 0. The molecule has 0 unspecified atom stereocenters. The molecule has 2 aromatic heterocycles. The van der Waals surface area contributed by atoms with Gasteiger partial charge in [0.05, 0.1) is 25.7 Å². The summed E-state index contributed by atoms with van der Waals surface area (Å²) in [6.07, 6.45) is 4.44. The van der Waals surface area contributed by atoms with Crippen molar-refractivity contribution in [3.05, 3.63) is 35.9 Å². The van der Waals surface area contributed by atoms with Crippen molar-refractivity contribution in [2.45, 2.75) is 13.5 Å². The fourth-order valence-corrected chi connectivity index (χ4v) is 1.55. The Kier molecular flexibility index (Phi) is 3.13.